The van der Waals surface area contributed by atoms with Crippen molar-refractivity contribution in [1.29, 1.82) is 5.41 Å². The number of nitrogens with two attached hydrogens (primary N) is 1. The number of amidine groups is 1. The van der Waals surface area contributed by atoms with Crippen molar-refractivity contribution >= 4 is 11.7 Å². The highest BCUT2D eigenvalue weighted by atomic mass is 19.4. The third kappa shape index (κ3) is 3.56. The minimum atomic E-state index is -4.18. The zero-order chi connectivity index (χ0) is 14.8. The van der Waals surface area contributed by atoms with Gasteiger partial charge in [-0.05, 0) is 0 Å². The molecule has 1 fully saturated rings. The van der Waals surface area contributed by atoms with Crippen LogP contribution in [-0.2, 0) is 0 Å². The van der Waals surface area contributed by atoms with Crippen LogP contribution < -0.4 is 10.6 Å². The van der Waals surface area contributed by atoms with Gasteiger partial charge < -0.3 is 10.6 Å². The van der Waals surface area contributed by atoms with Crippen LogP contribution in [-0.4, -0.2) is 59.6 Å². The van der Waals surface area contributed by atoms with Crippen molar-refractivity contribution in [3.63, 3.8) is 0 Å². The molecule has 0 bridgehead atoms. The Bertz CT molecular complexity index is 481. The van der Waals surface area contributed by atoms with Crippen molar-refractivity contribution in [1.82, 2.24) is 14.9 Å². The Labute approximate surface area is 113 Å². The first kappa shape index (κ1) is 14.5. The second kappa shape index (κ2) is 5.61. The van der Waals surface area contributed by atoms with E-state index in [-0.39, 0.29) is 24.6 Å². The molecule has 1 aliphatic heterocycles. The first-order valence-electron chi connectivity index (χ1n) is 6.06. The van der Waals surface area contributed by atoms with Gasteiger partial charge in [0.15, 0.2) is 5.82 Å². The molecule has 0 atom stereocenters. The summed E-state index contributed by atoms with van der Waals surface area (Å²) in [5, 5.41) is 7.44. The highest BCUT2D eigenvalue weighted by Gasteiger charge is 2.32. The zero-order valence-electron chi connectivity index (χ0n) is 10.7. The predicted molar refractivity (Wildman–Crippen MR) is 67.8 cm³/mol. The Morgan fingerprint density at radius 2 is 1.80 bits per heavy atom. The molecule has 9 heteroatoms. The first-order valence-corrected chi connectivity index (χ1v) is 6.06. The molecule has 2 rings (SSSR count). The van der Waals surface area contributed by atoms with Gasteiger partial charge in [-0.3, -0.25) is 10.3 Å². The lowest BCUT2D eigenvalue weighted by atomic mass is 10.2. The fourth-order valence-corrected chi connectivity index (χ4v) is 2.12. The highest BCUT2D eigenvalue weighted by molar-refractivity contribution is 5.97. The number of hydrogen-bond acceptors (Lipinski definition) is 5. The first-order chi connectivity index (χ1) is 9.37. The summed E-state index contributed by atoms with van der Waals surface area (Å²) in [7, 11) is 0. The lowest BCUT2D eigenvalue weighted by Gasteiger charge is -2.35. The Kier molecular flexibility index (Phi) is 4.07. The normalized spacial score (nSPS) is 17.2. The second-order valence-corrected chi connectivity index (χ2v) is 4.52. The minimum absolute atomic E-state index is 0.203. The molecule has 3 N–H and O–H groups in total. The molecular weight excluding hydrogens is 273 g/mol. The Hall–Kier alpha value is -1.90. The number of hydrogen-bond donors (Lipinski definition) is 2. The van der Waals surface area contributed by atoms with Crippen molar-refractivity contribution < 1.29 is 13.2 Å². The molecule has 0 aliphatic carbocycles. The van der Waals surface area contributed by atoms with E-state index < -0.39 is 12.7 Å². The summed E-state index contributed by atoms with van der Waals surface area (Å²) in [4.78, 5) is 11.3. The van der Waals surface area contributed by atoms with Gasteiger partial charge in [0.2, 0.25) is 0 Å². The van der Waals surface area contributed by atoms with Crippen LogP contribution in [0.1, 0.15) is 5.69 Å². The van der Waals surface area contributed by atoms with Crippen LogP contribution in [0.25, 0.3) is 0 Å². The van der Waals surface area contributed by atoms with Gasteiger partial charge in [-0.15, -0.1) is 0 Å². The number of halogens is 3. The summed E-state index contributed by atoms with van der Waals surface area (Å²) in [5.41, 5.74) is 5.69. The van der Waals surface area contributed by atoms with Crippen LogP contribution >= 0.6 is 0 Å². The van der Waals surface area contributed by atoms with E-state index in [2.05, 4.69) is 9.97 Å². The van der Waals surface area contributed by atoms with Crippen LogP contribution in [0.3, 0.4) is 0 Å². The van der Waals surface area contributed by atoms with Gasteiger partial charge in [-0.25, -0.2) is 9.97 Å². The van der Waals surface area contributed by atoms with Crippen molar-refractivity contribution in [2.45, 2.75) is 6.18 Å². The van der Waals surface area contributed by atoms with Crippen LogP contribution in [0.4, 0.5) is 19.0 Å². The van der Waals surface area contributed by atoms with E-state index in [1.54, 1.807) is 4.90 Å². The van der Waals surface area contributed by atoms with Gasteiger partial charge >= 0.3 is 6.18 Å². The van der Waals surface area contributed by atoms with E-state index in [1.165, 1.54) is 17.3 Å². The van der Waals surface area contributed by atoms with Crippen molar-refractivity contribution in [3.8, 4) is 0 Å². The van der Waals surface area contributed by atoms with Gasteiger partial charge in [0, 0.05) is 38.6 Å². The average molecular weight is 288 g/mol. The molecule has 110 valence electrons. The largest absolute Gasteiger partial charge is 0.401 e. The van der Waals surface area contributed by atoms with E-state index in [0.29, 0.717) is 18.9 Å². The lowest BCUT2D eigenvalue weighted by Crippen LogP contribution is -2.49. The number of nitrogens with one attached hydrogen (secondary N) is 1. The monoisotopic (exact) mass is 288 g/mol. The summed E-state index contributed by atoms with van der Waals surface area (Å²) < 4.78 is 36.9. The van der Waals surface area contributed by atoms with Gasteiger partial charge in [0.25, 0.3) is 0 Å². The van der Waals surface area contributed by atoms with Gasteiger partial charge in [0.05, 0.1) is 6.54 Å². The third-order valence-corrected chi connectivity index (χ3v) is 3.01. The van der Waals surface area contributed by atoms with Crippen LogP contribution in [0.2, 0.25) is 0 Å². The Morgan fingerprint density at radius 1 is 1.20 bits per heavy atom. The number of anilines is 1. The summed E-state index contributed by atoms with van der Waals surface area (Å²) in [6.07, 6.45) is -1.27. The summed E-state index contributed by atoms with van der Waals surface area (Å²) in [5.74, 6) is 0.248. The van der Waals surface area contributed by atoms with Crippen molar-refractivity contribution in [2.75, 3.05) is 37.6 Å². The van der Waals surface area contributed by atoms with Gasteiger partial charge in [-0.1, -0.05) is 0 Å². The molecule has 20 heavy (non-hydrogen) atoms. The molecule has 6 nitrogen and oxygen atoms in total. The SMILES string of the molecule is N=C(N)c1nccnc1N1CCN(CC(F)(F)F)CC1. The summed E-state index contributed by atoms with van der Waals surface area (Å²) >= 11 is 0. The van der Waals surface area contributed by atoms with Gasteiger partial charge in [-0.2, -0.15) is 13.2 Å². The van der Waals surface area contributed by atoms with Crippen molar-refractivity contribution in [2.24, 2.45) is 5.73 Å². The fourth-order valence-electron chi connectivity index (χ4n) is 2.12. The molecular formula is C11H15F3N6. The molecule has 0 unspecified atom stereocenters. The van der Waals surface area contributed by atoms with Crippen LogP contribution in [0.5, 0.6) is 0 Å². The van der Waals surface area contributed by atoms with Crippen LogP contribution in [0.15, 0.2) is 12.4 Å². The van der Waals surface area contributed by atoms with E-state index in [4.69, 9.17) is 11.1 Å². The topological polar surface area (TPSA) is 82.1 Å². The Balaban J connectivity index is 2.03. The number of rotatable bonds is 3. The molecule has 0 spiro atoms. The molecule has 1 aliphatic rings. The van der Waals surface area contributed by atoms with E-state index in [0.717, 1.165) is 0 Å². The molecule has 1 saturated heterocycles. The molecule has 2 heterocycles. The third-order valence-electron chi connectivity index (χ3n) is 3.01. The van der Waals surface area contributed by atoms with E-state index >= 15 is 0 Å². The standard InChI is InChI=1S/C11H15F3N6/c12-11(13,14)7-19-3-5-20(6-4-19)10-8(9(15)16)17-1-2-18-10/h1-2H,3-7H2,(H3,15,16). The average Bonchev–Trinajstić information content (AvgIpc) is 2.38. The fraction of sp³-hybridized carbons (Fsp3) is 0.545. The maximum atomic E-state index is 12.3. The number of aromatic nitrogens is 2. The maximum Gasteiger partial charge on any atom is 0.401 e. The second-order valence-electron chi connectivity index (χ2n) is 4.52. The van der Waals surface area contributed by atoms with E-state index in [1.807, 2.05) is 0 Å². The molecule has 1 aromatic heterocycles. The number of alkyl halides is 3. The number of piperazine rings is 1. The van der Waals surface area contributed by atoms with Crippen LogP contribution in [0, 0.1) is 5.41 Å². The maximum absolute atomic E-state index is 12.3. The smallest absolute Gasteiger partial charge is 0.382 e. The molecule has 0 saturated carbocycles. The zero-order valence-corrected chi connectivity index (χ0v) is 10.7. The Morgan fingerprint density at radius 3 is 2.35 bits per heavy atom. The highest BCUT2D eigenvalue weighted by Crippen LogP contribution is 2.20. The molecule has 0 aromatic carbocycles. The molecule has 0 radical (unpaired) electrons. The summed E-state index contributed by atoms with van der Waals surface area (Å²) in [6.45, 7) is 0.464. The number of nitrogen functional groups attached to an aromatic ring is 1. The number of nitrogens with zero attached hydrogens (tertiary/aromatic N) is 4. The minimum Gasteiger partial charge on any atom is -0.382 e. The molecule has 1 aromatic rings. The molecule has 0 amide bonds. The van der Waals surface area contributed by atoms with E-state index in [9.17, 15) is 13.2 Å². The quantitative estimate of drug-likeness (QED) is 0.623. The lowest BCUT2D eigenvalue weighted by molar-refractivity contribution is -0.146. The van der Waals surface area contributed by atoms with Gasteiger partial charge in [0.1, 0.15) is 11.5 Å². The van der Waals surface area contributed by atoms with Crippen molar-refractivity contribution in [3.05, 3.63) is 18.1 Å². The predicted octanol–water partition coefficient (Wildman–Crippen LogP) is 0.445. The summed E-state index contributed by atoms with van der Waals surface area (Å²) in [6, 6.07) is 0.